The molecule has 0 aromatic heterocycles. The van der Waals surface area contributed by atoms with Gasteiger partial charge in [0.2, 0.25) is 17.7 Å². The van der Waals surface area contributed by atoms with Gasteiger partial charge >= 0.3 is 0 Å². The summed E-state index contributed by atoms with van der Waals surface area (Å²) in [6, 6.07) is 0. The van der Waals surface area contributed by atoms with Crippen LogP contribution in [-0.4, -0.2) is 75.5 Å². The highest BCUT2D eigenvalue weighted by molar-refractivity contribution is 5.73. The molecule has 0 radical (unpaired) electrons. The number of ether oxygens (including phenoxy) is 3. The maximum absolute atomic E-state index is 10.4. The summed E-state index contributed by atoms with van der Waals surface area (Å²) in [5, 5.41) is 8.08. The quantitative estimate of drug-likeness (QED) is 0.313. The fourth-order valence-electron chi connectivity index (χ4n) is 1.99. The van der Waals surface area contributed by atoms with Crippen molar-refractivity contribution in [1.82, 2.24) is 16.0 Å². The molecule has 3 amide bonds. The fourth-order valence-corrected chi connectivity index (χ4v) is 1.99. The monoisotopic (exact) mass is 477 g/mol. The standard InChI is InChI=1S/C9H19NO2.C8H17NO2.C7H15NO2/c1-8(2)12-7-5-4-6-10-9(3)11;1-7(2)11-6-4-5-9-8(3)10;1-6(2)10-5-4-8-7(3)9/h8H,4-7H2,1-3H3,(H,10,11);7H,4-6H2,1-3H3,(H,9,10);6H,4-5H2,1-3H3,(H,8,9). The van der Waals surface area contributed by atoms with E-state index < -0.39 is 0 Å². The Morgan fingerprint density at radius 2 is 0.848 bits per heavy atom. The molecule has 0 saturated heterocycles. The van der Waals surface area contributed by atoms with Gasteiger partial charge in [0.1, 0.15) is 0 Å². The van der Waals surface area contributed by atoms with E-state index >= 15 is 0 Å². The minimum atomic E-state index is -0.00708. The molecule has 0 heterocycles. The normalized spacial score (nSPS) is 10.2. The van der Waals surface area contributed by atoms with Gasteiger partial charge in [-0.3, -0.25) is 14.4 Å². The fraction of sp³-hybridized carbons (Fsp3) is 0.875. The first kappa shape index (κ1) is 35.9. The van der Waals surface area contributed by atoms with Gasteiger partial charge in [-0.25, -0.2) is 0 Å². The van der Waals surface area contributed by atoms with Crippen LogP contribution in [0, 0.1) is 0 Å². The minimum absolute atomic E-state index is 0.00708. The van der Waals surface area contributed by atoms with Crippen LogP contribution in [0.25, 0.3) is 0 Å². The molecule has 0 spiro atoms. The van der Waals surface area contributed by atoms with Gasteiger partial charge in [0.25, 0.3) is 0 Å². The molecule has 0 saturated carbocycles. The summed E-state index contributed by atoms with van der Waals surface area (Å²) in [6.07, 6.45) is 3.73. The van der Waals surface area contributed by atoms with Crippen LogP contribution >= 0.6 is 0 Å². The van der Waals surface area contributed by atoms with E-state index in [-0.39, 0.29) is 29.9 Å². The van der Waals surface area contributed by atoms with Gasteiger partial charge in [-0.05, 0) is 60.8 Å². The third kappa shape index (κ3) is 48.8. The average molecular weight is 478 g/mol. The molecule has 0 aliphatic carbocycles. The first-order valence-electron chi connectivity index (χ1n) is 12.0. The van der Waals surface area contributed by atoms with E-state index in [4.69, 9.17) is 14.2 Å². The summed E-state index contributed by atoms with van der Waals surface area (Å²) in [4.78, 5) is 31.2. The molecule has 0 aromatic carbocycles. The summed E-state index contributed by atoms with van der Waals surface area (Å²) in [5.74, 6) is 0.0571. The number of carbonyl (C=O) groups excluding carboxylic acids is 3. The van der Waals surface area contributed by atoms with Crippen LogP contribution in [0.15, 0.2) is 0 Å². The Balaban J connectivity index is -0.000000411. The molecule has 3 N–H and O–H groups in total. The molecule has 0 bridgehead atoms. The number of amides is 3. The summed E-state index contributed by atoms with van der Waals surface area (Å²) < 4.78 is 15.8. The molecule has 0 atom stereocenters. The Bertz CT molecular complexity index is 471. The van der Waals surface area contributed by atoms with Gasteiger partial charge < -0.3 is 30.2 Å². The van der Waals surface area contributed by atoms with E-state index in [0.29, 0.717) is 25.8 Å². The second-order valence-corrected chi connectivity index (χ2v) is 8.27. The van der Waals surface area contributed by atoms with Crippen molar-refractivity contribution in [2.45, 2.75) is 99.9 Å². The van der Waals surface area contributed by atoms with Crippen molar-refractivity contribution in [3.8, 4) is 0 Å². The lowest BCUT2D eigenvalue weighted by Gasteiger charge is -2.06. The van der Waals surface area contributed by atoms with E-state index in [2.05, 4.69) is 16.0 Å². The molecule has 0 unspecified atom stereocenters. The molecular formula is C24H51N3O6. The van der Waals surface area contributed by atoms with Crippen molar-refractivity contribution in [2.24, 2.45) is 0 Å². The van der Waals surface area contributed by atoms with Crippen LogP contribution in [0.5, 0.6) is 0 Å². The molecule has 198 valence electrons. The Morgan fingerprint density at radius 1 is 0.515 bits per heavy atom. The molecule has 0 rings (SSSR count). The van der Waals surface area contributed by atoms with Gasteiger partial charge in [0.15, 0.2) is 0 Å². The Labute approximate surface area is 202 Å². The predicted octanol–water partition coefficient (Wildman–Crippen LogP) is 2.81. The van der Waals surface area contributed by atoms with Crippen LogP contribution in [0.2, 0.25) is 0 Å². The third-order valence-electron chi connectivity index (χ3n) is 3.47. The predicted molar refractivity (Wildman–Crippen MR) is 133 cm³/mol. The van der Waals surface area contributed by atoms with Crippen LogP contribution in [0.3, 0.4) is 0 Å². The van der Waals surface area contributed by atoms with Crippen molar-refractivity contribution >= 4 is 17.7 Å². The highest BCUT2D eigenvalue weighted by Gasteiger charge is 1.95. The van der Waals surface area contributed by atoms with Gasteiger partial charge in [-0.1, -0.05) is 0 Å². The zero-order valence-corrected chi connectivity index (χ0v) is 22.5. The highest BCUT2D eigenvalue weighted by Crippen LogP contribution is 1.93. The Morgan fingerprint density at radius 3 is 1.24 bits per heavy atom. The van der Waals surface area contributed by atoms with Crippen LogP contribution < -0.4 is 16.0 Å². The topological polar surface area (TPSA) is 115 Å². The first-order chi connectivity index (χ1) is 15.4. The third-order valence-corrected chi connectivity index (χ3v) is 3.47. The second kappa shape index (κ2) is 26.5. The summed E-state index contributed by atoms with van der Waals surface area (Å²) in [7, 11) is 0. The second-order valence-electron chi connectivity index (χ2n) is 8.27. The maximum atomic E-state index is 10.4. The van der Waals surface area contributed by atoms with Gasteiger partial charge in [0.05, 0.1) is 24.9 Å². The molecule has 0 aliphatic rings. The van der Waals surface area contributed by atoms with E-state index in [1.54, 1.807) is 0 Å². The zero-order valence-electron chi connectivity index (χ0n) is 22.5. The molecule has 0 aliphatic heterocycles. The van der Waals surface area contributed by atoms with Gasteiger partial charge in [-0.2, -0.15) is 0 Å². The van der Waals surface area contributed by atoms with Crippen LogP contribution in [-0.2, 0) is 28.6 Å². The number of rotatable bonds is 15. The number of nitrogens with one attached hydrogen (secondary N) is 3. The Kier molecular flexibility index (Phi) is 28.9. The van der Waals surface area contributed by atoms with E-state index in [1.807, 2.05) is 41.5 Å². The lowest BCUT2D eigenvalue weighted by Crippen LogP contribution is -2.25. The summed E-state index contributed by atoms with van der Waals surface area (Å²) in [6.45, 7) is 20.7. The smallest absolute Gasteiger partial charge is 0.216 e. The number of unbranched alkanes of at least 4 members (excludes halogenated alkanes) is 1. The van der Waals surface area contributed by atoms with E-state index in [0.717, 1.165) is 39.0 Å². The van der Waals surface area contributed by atoms with Crippen molar-refractivity contribution in [2.75, 3.05) is 39.5 Å². The average Bonchev–Trinajstić information content (AvgIpc) is 2.67. The Hall–Kier alpha value is -1.71. The van der Waals surface area contributed by atoms with Gasteiger partial charge in [0, 0.05) is 53.6 Å². The number of hydrogen-bond acceptors (Lipinski definition) is 6. The van der Waals surface area contributed by atoms with Crippen LogP contribution in [0.4, 0.5) is 0 Å². The number of carbonyl (C=O) groups is 3. The molecule has 0 fully saturated rings. The zero-order chi connectivity index (χ0) is 26.1. The van der Waals surface area contributed by atoms with Crippen molar-refractivity contribution in [3.05, 3.63) is 0 Å². The first-order valence-corrected chi connectivity index (χ1v) is 12.0. The lowest BCUT2D eigenvalue weighted by molar-refractivity contribution is -0.120. The number of hydrogen-bond donors (Lipinski definition) is 3. The van der Waals surface area contributed by atoms with Crippen molar-refractivity contribution < 1.29 is 28.6 Å². The maximum Gasteiger partial charge on any atom is 0.216 e. The van der Waals surface area contributed by atoms with Crippen LogP contribution in [0.1, 0.15) is 81.6 Å². The van der Waals surface area contributed by atoms with E-state index in [1.165, 1.54) is 20.8 Å². The van der Waals surface area contributed by atoms with E-state index in [9.17, 15) is 14.4 Å². The minimum Gasteiger partial charge on any atom is -0.379 e. The summed E-state index contributed by atoms with van der Waals surface area (Å²) in [5.41, 5.74) is 0. The van der Waals surface area contributed by atoms with Crippen molar-refractivity contribution in [1.29, 1.82) is 0 Å². The molecule has 0 aromatic rings. The molecular weight excluding hydrogens is 426 g/mol. The SMILES string of the molecule is CC(=O)NCCCCOC(C)C.CC(=O)NCCCOC(C)C.CC(=O)NCCOC(C)C. The lowest BCUT2D eigenvalue weighted by atomic mass is 10.3. The molecule has 9 nitrogen and oxygen atoms in total. The van der Waals surface area contributed by atoms with Crippen molar-refractivity contribution in [3.63, 3.8) is 0 Å². The highest BCUT2D eigenvalue weighted by atomic mass is 16.5. The van der Waals surface area contributed by atoms with Gasteiger partial charge in [-0.15, -0.1) is 0 Å². The largest absolute Gasteiger partial charge is 0.379 e. The summed E-state index contributed by atoms with van der Waals surface area (Å²) >= 11 is 0. The molecule has 9 heteroatoms. The molecule has 33 heavy (non-hydrogen) atoms.